The average Bonchev–Trinajstić information content (AvgIpc) is 2.88. The first-order valence-electron chi connectivity index (χ1n) is 6.64. The van der Waals surface area contributed by atoms with Gasteiger partial charge in [-0.3, -0.25) is 4.79 Å². The Bertz CT molecular complexity index is 602. The number of carbonyl (C=O) groups is 1. The first kappa shape index (κ1) is 16.8. The van der Waals surface area contributed by atoms with Crippen molar-refractivity contribution in [2.45, 2.75) is 43.0 Å². The third-order valence-corrected chi connectivity index (χ3v) is 6.83. The summed E-state index contributed by atoms with van der Waals surface area (Å²) in [6.45, 7) is 1.85. The molecule has 1 amide bonds. The molecule has 1 unspecified atom stereocenters. The molecular weight excluding hydrogens is 380 g/mol. The van der Waals surface area contributed by atoms with Gasteiger partial charge in [-0.15, -0.1) is 10.2 Å². The highest BCUT2D eigenvalue weighted by Crippen LogP contribution is 2.30. The highest BCUT2D eigenvalue weighted by atomic mass is 79.9. The highest BCUT2D eigenvalue weighted by Gasteiger charge is 2.35. The van der Waals surface area contributed by atoms with E-state index in [1.165, 1.54) is 11.2 Å². The molecule has 118 valence electrons. The molecule has 2 heterocycles. The molecule has 1 aliphatic rings. The summed E-state index contributed by atoms with van der Waals surface area (Å²) < 4.78 is 26.8. The third kappa shape index (κ3) is 3.99. The van der Waals surface area contributed by atoms with Crippen molar-refractivity contribution in [3.8, 4) is 0 Å². The van der Waals surface area contributed by atoms with E-state index in [0.29, 0.717) is 6.54 Å². The Balaban J connectivity index is 2.23. The summed E-state index contributed by atoms with van der Waals surface area (Å²) in [5.74, 6) is -0.301. The van der Waals surface area contributed by atoms with Gasteiger partial charge in [-0.25, -0.2) is 8.42 Å². The molecule has 7 nitrogen and oxygen atoms in total. The molecule has 1 fully saturated rings. The van der Waals surface area contributed by atoms with Crippen LogP contribution in [0.4, 0.5) is 5.13 Å². The second-order valence-corrected chi connectivity index (χ2v) is 8.63. The lowest BCUT2D eigenvalue weighted by atomic mass is 10.0. The topological polar surface area (TPSA) is 92.3 Å². The number of alkyl halides is 1. The molecule has 21 heavy (non-hydrogen) atoms. The molecule has 1 aromatic heterocycles. The van der Waals surface area contributed by atoms with Crippen molar-refractivity contribution in [2.24, 2.45) is 0 Å². The molecule has 0 saturated carbocycles. The van der Waals surface area contributed by atoms with Gasteiger partial charge in [0.15, 0.2) is 0 Å². The maximum Gasteiger partial charge on any atom is 0.272 e. The minimum atomic E-state index is -3.64. The maximum atomic E-state index is 12.7. The van der Waals surface area contributed by atoms with Gasteiger partial charge < -0.3 is 5.32 Å². The summed E-state index contributed by atoms with van der Waals surface area (Å²) >= 11 is 4.26. The smallest absolute Gasteiger partial charge is 0.272 e. The Kier molecular flexibility index (Phi) is 5.69. The van der Waals surface area contributed by atoms with Crippen molar-refractivity contribution in [3.63, 3.8) is 0 Å². The van der Waals surface area contributed by atoms with Crippen molar-refractivity contribution in [1.29, 1.82) is 0 Å². The van der Waals surface area contributed by atoms with Crippen LogP contribution >= 0.6 is 27.3 Å². The van der Waals surface area contributed by atoms with Gasteiger partial charge in [0.1, 0.15) is 0 Å². The summed E-state index contributed by atoms with van der Waals surface area (Å²) in [6, 6.07) is -0.00348. The number of carbonyl (C=O) groups excluding carboxylic acids is 1. The second-order valence-electron chi connectivity index (χ2n) is 4.80. The lowest BCUT2D eigenvalue weighted by molar-refractivity contribution is -0.114. The normalized spacial score (nSPS) is 20.4. The van der Waals surface area contributed by atoms with Crippen LogP contribution in [0.3, 0.4) is 0 Å². The number of amides is 1. The van der Waals surface area contributed by atoms with Gasteiger partial charge in [0.2, 0.25) is 15.4 Å². The highest BCUT2D eigenvalue weighted by molar-refractivity contribution is 9.09. The van der Waals surface area contributed by atoms with Crippen molar-refractivity contribution in [2.75, 3.05) is 17.2 Å². The van der Waals surface area contributed by atoms with E-state index in [0.717, 1.165) is 42.4 Å². The van der Waals surface area contributed by atoms with E-state index in [1.54, 1.807) is 0 Å². The van der Waals surface area contributed by atoms with Crippen molar-refractivity contribution < 1.29 is 13.2 Å². The summed E-state index contributed by atoms with van der Waals surface area (Å²) in [7, 11) is -3.64. The molecule has 0 aromatic carbocycles. The Morgan fingerprint density at radius 2 is 2.24 bits per heavy atom. The number of anilines is 1. The number of piperidine rings is 1. The van der Waals surface area contributed by atoms with Crippen molar-refractivity contribution in [3.05, 3.63) is 0 Å². The van der Waals surface area contributed by atoms with E-state index in [1.807, 2.05) is 0 Å². The molecular formula is C11H17BrN4O3S2. The summed E-state index contributed by atoms with van der Waals surface area (Å²) in [6.07, 6.45) is 3.53. The number of nitrogens with zero attached hydrogens (tertiary/aromatic N) is 3. The predicted molar refractivity (Wildman–Crippen MR) is 84.2 cm³/mol. The number of hydrogen-bond donors (Lipinski definition) is 1. The maximum absolute atomic E-state index is 12.7. The molecule has 10 heteroatoms. The van der Waals surface area contributed by atoms with Gasteiger partial charge in [0.25, 0.3) is 10.0 Å². The largest absolute Gasteiger partial charge is 0.301 e. The monoisotopic (exact) mass is 396 g/mol. The van der Waals surface area contributed by atoms with Gasteiger partial charge in [-0.1, -0.05) is 33.7 Å². The van der Waals surface area contributed by atoms with Crippen LogP contribution in [0.5, 0.6) is 0 Å². The average molecular weight is 397 g/mol. The van der Waals surface area contributed by atoms with Crippen molar-refractivity contribution in [1.82, 2.24) is 14.5 Å². The Labute approximate surface area is 136 Å². The van der Waals surface area contributed by atoms with E-state index in [-0.39, 0.29) is 21.4 Å². The Morgan fingerprint density at radius 3 is 2.90 bits per heavy atom. The Hall–Kier alpha value is -0.580. The molecule has 1 saturated heterocycles. The first-order valence-corrected chi connectivity index (χ1v) is 10.0. The summed E-state index contributed by atoms with van der Waals surface area (Å²) in [5.41, 5.74) is 0. The van der Waals surface area contributed by atoms with Crippen LogP contribution in [-0.4, -0.2) is 46.7 Å². The number of sulfonamides is 1. The van der Waals surface area contributed by atoms with Gasteiger partial charge >= 0.3 is 0 Å². The Morgan fingerprint density at radius 1 is 1.48 bits per heavy atom. The van der Waals surface area contributed by atoms with E-state index in [9.17, 15) is 13.2 Å². The lowest BCUT2D eigenvalue weighted by Crippen LogP contribution is -2.43. The van der Waals surface area contributed by atoms with Crippen molar-refractivity contribution >= 4 is 48.3 Å². The minimum absolute atomic E-state index is 0.00348. The van der Waals surface area contributed by atoms with E-state index in [2.05, 4.69) is 31.4 Å². The standard InChI is InChI=1S/C11H17BrN4O3S2/c1-8(17)13-10-14-15-11(20-10)21(18,19)16-7-3-2-4-9(16)5-6-12/h9H,2-7H2,1H3,(H,13,14,17). The number of aromatic nitrogens is 2. The number of halogens is 1. The molecule has 0 spiro atoms. The predicted octanol–water partition coefficient (Wildman–Crippen LogP) is 1.82. The number of nitrogens with one attached hydrogen (secondary N) is 1. The zero-order valence-electron chi connectivity index (χ0n) is 11.6. The molecule has 1 N–H and O–H groups in total. The van der Waals surface area contributed by atoms with E-state index >= 15 is 0 Å². The van der Waals surface area contributed by atoms with E-state index in [4.69, 9.17) is 0 Å². The lowest BCUT2D eigenvalue weighted by Gasteiger charge is -2.33. The molecule has 0 bridgehead atoms. The van der Waals surface area contributed by atoms with Crippen LogP contribution in [0.15, 0.2) is 4.34 Å². The second kappa shape index (κ2) is 7.12. The fourth-order valence-electron chi connectivity index (χ4n) is 2.32. The number of hydrogen-bond acceptors (Lipinski definition) is 6. The SMILES string of the molecule is CC(=O)Nc1nnc(S(=O)(=O)N2CCCCC2CCBr)s1. The van der Waals surface area contributed by atoms with E-state index < -0.39 is 10.0 Å². The molecule has 2 rings (SSSR count). The van der Waals surface area contributed by atoms with Crippen LogP contribution in [0.2, 0.25) is 0 Å². The van der Waals surface area contributed by atoms with Crippen LogP contribution in [0.25, 0.3) is 0 Å². The van der Waals surface area contributed by atoms with Gasteiger partial charge in [0, 0.05) is 24.8 Å². The van der Waals surface area contributed by atoms with Crippen LogP contribution in [0, 0.1) is 0 Å². The molecule has 1 atom stereocenters. The number of rotatable bonds is 5. The zero-order valence-corrected chi connectivity index (χ0v) is 14.8. The molecule has 0 radical (unpaired) electrons. The van der Waals surface area contributed by atoms with Gasteiger partial charge in [0.05, 0.1) is 0 Å². The first-order chi connectivity index (χ1) is 9.95. The van der Waals surface area contributed by atoms with Gasteiger partial charge in [-0.05, 0) is 19.3 Å². The van der Waals surface area contributed by atoms with Gasteiger partial charge in [-0.2, -0.15) is 4.31 Å². The molecule has 1 aliphatic heterocycles. The van der Waals surface area contributed by atoms with Crippen LogP contribution in [0.1, 0.15) is 32.6 Å². The van der Waals surface area contributed by atoms with Crippen LogP contribution < -0.4 is 5.32 Å². The zero-order chi connectivity index (χ0) is 15.5. The molecule has 1 aromatic rings. The minimum Gasteiger partial charge on any atom is -0.301 e. The fourth-order valence-corrected chi connectivity index (χ4v) is 5.63. The fraction of sp³-hybridized carbons (Fsp3) is 0.727. The summed E-state index contributed by atoms with van der Waals surface area (Å²) in [5, 5.41) is 10.8. The van der Waals surface area contributed by atoms with Crippen LogP contribution in [-0.2, 0) is 14.8 Å². The quantitative estimate of drug-likeness (QED) is 0.605. The summed E-state index contributed by atoms with van der Waals surface area (Å²) in [4.78, 5) is 11.0. The third-order valence-electron chi connectivity index (χ3n) is 3.23. The molecule has 0 aliphatic carbocycles.